The summed E-state index contributed by atoms with van der Waals surface area (Å²) >= 11 is 0. The van der Waals surface area contributed by atoms with Gasteiger partial charge in [-0.2, -0.15) is 0 Å². The summed E-state index contributed by atoms with van der Waals surface area (Å²) in [5.41, 5.74) is 2.79. The second kappa shape index (κ2) is 7.19. The Morgan fingerprint density at radius 2 is 1.71 bits per heavy atom. The molecule has 0 bridgehead atoms. The van der Waals surface area contributed by atoms with Crippen LogP contribution in [0.25, 0.3) is 0 Å². The Kier molecular flexibility index (Phi) is 6.55. The maximum Gasteiger partial charge on any atom is 0.0719 e. The van der Waals surface area contributed by atoms with E-state index in [0.29, 0.717) is 0 Å². The van der Waals surface area contributed by atoms with E-state index in [4.69, 9.17) is 5.11 Å². The van der Waals surface area contributed by atoms with Crippen LogP contribution in [0, 0.1) is 12.8 Å². The highest BCUT2D eigenvalue weighted by atomic mass is 16.2. The zero-order valence-corrected chi connectivity index (χ0v) is 9.33. The van der Waals surface area contributed by atoms with Gasteiger partial charge in [-0.15, -0.1) is 0 Å². The van der Waals surface area contributed by atoms with Crippen molar-refractivity contribution >= 4 is 0 Å². The van der Waals surface area contributed by atoms with Crippen molar-refractivity contribution in [3.8, 4) is 0 Å². The highest BCUT2D eigenvalue weighted by Crippen LogP contribution is 2.08. The van der Waals surface area contributed by atoms with Gasteiger partial charge in [-0.1, -0.05) is 50.3 Å². The fourth-order valence-corrected chi connectivity index (χ4v) is 1.20. The van der Waals surface area contributed by atoms with Gasteiger partial charge in [0.1, 0.15) is 0 Å². The van der Waals surface area contributed by atoms with E-state index in [1.807, 2.05) is 0 Å². The number of aliphatic hydroxyl groups is 1. The Bertz CT molecular complexity index is 246. The number of rotatable bonds is 2. The fraction of sp³-hybridized carbons (Fsp3) is 0.385. The lowest BCUT2D eigenvalue weighted by Gasteiger charge is -2.04. The molecule has 0 atom stereocenters. The van der Waals surface area contributed by atoms with Crippen LogP contribution in [0.4, 0.5) is 0 Å². The Morgan fingerprint density at radius 3 is 2.07 bits per heavy atom. The number of aryl methyl sites for hydroxylation is 1. The third-order valence-corrected chi connectivity index (χ3v) is 1.76. The maximum atomic E-state index is 7.33. The van der Waals surface area contributed by atoms with Crippen molar-refractivity contribution in [2.75, 3.05) is 0 Å². The summed E-state index contributed by atoms with van der Waals surface area (Å²) in [5, 5.41) is 7.33. The molecule has 1 rings (SSSR count). The molecule has 0 unspecified atom stereocenters. The first-order chi connectivity index (χ1) is 6.60. The van der Waals surface area contributed by atoms with Crippen molar-refractivity contribution in [3.63, 3.8) is 0 Å². The van der Waals surface area contributed by atoms with Gasteiger partial charge >= 0.3 is 0 Å². The minimum Gasteiger partial charge on any atom is -0.516 e. The summed E-state index contributed by atoms with van der Waals surface area (Å²) in [4.78, 5) is 0. The minimum atomic E-state index is 0.750. The summed E-state index contributed by atoms with van der Waals surface area (Å²) in [7, 11) is 0. The van der Waals surface area contributed by atoms with Crippen LogP contribution in [-0.2, 0) is 6.42 Å². The van der Waals surface area contributed by atoms with E-state index in [0.717, 1.165) is 12.2 Å². The fourth-order valence-electron chi connectivity index (χ4n) is 1.20. The van der Waals surface area contributed by atoms with Gasteiger partial charge in [0, 0.05) is 0 Å². The highest BCUT2D eigenvalue weighted by molar-refractivity contribution is 5.21. The lowest BCUT2D eigenvalue weighted by molar-refractivity contribution is 0.476. The summed E-state index contributed by atoms with van der Waals surface area (Å²) < 4.78 is 0. The second-order valence-electron chi connectivity index (χ2n) is 3.77. The summed E-state index contributed by atoms with van der Waals surface area (Å²) in [5.74, 6) is 0.762. The average molecular weight is 192 g/mol. The van der Waals surface area contributed by atoms with Crippen LogP contribution in [0.3, 0.4) is 0 Å². The molecule has 0 aliphatic carbocycles. The van der Waals surface area contributed by atoms with Crippen molar-refractivity contribution in [2.24, 2.45) is 5.92 Å². The smallest absolute Gasteiger partial charge is 0.0719 e. The standard InChI is InChI=1S/C11H16.C2H4O/c1-9(2)8-11-6-4-10(3)5-7-11;1-2-3/h4-7,9H,8H2,1-3H3;2-3H,1H2. The molecule has 1 aromatic carbocycles. The van der Waals surface area contributed by atoms with Crippen molar-refractivity contribution in [3.05, 3.63) is 48.2 Å². The van der Waals surface area contributed by atoms with Crippen molar-refractivity contribution in [1.29, 1.82) is 0 Å². The van der Waals surface area contributed by atoms with Gasteiger partial charge in [-0.25, -0.2) is 0 Å². The van der Waals surface area contributed by atoms with Crippen molar-refractivity contribution in [2.45, 2.75) is 27.2 Å². The molecular formula is C13H20O. The van der Waals surface area contributed by atoms with Crippen LogP contribution in [0.2, 0.25) is 0 Å². The predicted molar refractivity (Wildman–Crippen MR) is 62.5 cm³/mol. The SMILES string of the molecule is C=CO.Cc1ccc(CC(C)C)cc1. The zero-order valence-electron chi connectivity index (χ0n) is 9.33. The largest absolute Gasteiger partial charge is 0.516 e. The van der Waals surface area contributed by atoms with Gasteiger partial charge in [-0.05, 0) is 24.8 Å². The molecule has 0 radical (unpaired) electrons. The normalized spacial score (nSPS) is 9.14. The van der Waals surface area contributed by atoms with Gasteiger partial charge in [0.25, 0.3) is 0 Å². The quantitative estimate of drug-likeness (QED) is 0.705. The predicted octanol–water partition coefficient (Wildman–Crippen LogP) is 3.88. The number of hydrogen-bond acceptors (Lipinski definition) is 1. The molecule has 0 fully saturated rings. The molecule has 0 spiro atoms. The minimum absolute atomic E-state index is 0.750. The lowest BCUT2D eigenvalue weighted by atomic mass is 10.0. The third-order valence-electron chi connectivity index (χ3n) is 1.76. The Labute approximate surface area is 87.1 Å². The number of hydrogen-bond donors (Lipinski definition) is 1. The van der Waals surface area contributed by atoms with E-state index in [1.54, 1.807) is 0 Å². The summed E-state index contributed by atoms with van der Waals surface area (Å²) in [6.45, 7) is 9.54. The lowest BCUT2D eigenvalue weighted by Crippen LogP contribution is -1.93. The van der Waals surface area contributed by atoms with Gasteiger partial charge in [0.15, 0.2) is 0 Å². The maximum absolute atomic E-state index is 7.33. The van der Waals surface area contributed by atoms with E-state index in [2.05, 4.69) is 51.6 Å². The molecule has 1 nitrogen and oxygen atoms in total. The molecule has 0 amide bonds. The first kappa shape index (κ1) is 12.8. The van der Waals surface area contributed by atoms with Crippen LogP contribution in [0.15, 0.2) is 37.1 Å². The Hall–Kier alpha value is -1.24. The number of benzene rings is 1. The van der Waals surface area contributed by atoms with Crippen molar-refractivity contribution < 1.29 is 5.11 Å². The molecule has 1 aromatic rings. The monoisotopic (exact) mass is 192 g/mol. The van der Waals surface area contributed by atoms with Crippen LogP contribution in [0.5, 0.6) is 0 Å². The van der Waals surface area contributed by atoms with Crippen LogP contribution in [-0.4, -0.2) is 5.11 Å². The summed E-state index contributed by atoms with van der Waals surface area (Å²) in [6.07, 6.45) is 1.94. The molecule has 0 saturated carbocycles. The van der Waals surface area contributed by atoms with Crippen LogP contribution in [0.1, 0.15) is 25.0 Å². The molecule has 0 heterocycles. The third kappa shape index (κ3) is 6.30. The average Bonchev–Trinajstić information content (AvgIpc) is 2.09. The molecule has 0 saturated heterocycles. The molecule has 0 aromatic heterocycles. The van der Waals surface area contributed by atoms with E-state index in [9.17, 15) is 0 Å². The zero-order chi connectivity index (χ0) is 11.0. The highest BCUT2D eigenvalue weighted by Gasteiger charge is 1.95. The van der Waals surface area contributed by atoms with Crippen LogP contribution >= 0.6 is 0 Å². The second-order valence-corrected chi connectivity index (χ2v) is 3.77. The first-order valence-corrected chi connectivity index (χ1v) is 4.90. The molecule has 1 N–H and O–H groups in total. The number of aliphatic hydroxyl groups excluding tert-OH is 1. The van der Waals surface area contributed by atoms with E-state index in [-0.39, 0.29) is 0 Å². The molecule has 14 heavy (non-hydrogen) atoms. The van der Waals surface area contributed by atoms with Gasteiger partial charge in [0.2, 0.25) is 0 Å². The molecule has 0 aliphatic heterocycles. The van der Waals surface area contributed by atoms with Gasteiger partial charge in [-0.3, -0.25) is 0 Å². The molecule has 1 heteroatoms. The Morgan fingerprint density at radius 1 is 1.29 bits per heavy atom. The topological polar surface area (TPSA) is 20.2 Å². The first-order valence-electron chi connectivity index (χ1n) is 4.90. The molecular weight excluding hydrogens is 172 g/mol. The molecule has 0 aliphatic rings. The van der Waals surface area contributed by atoms with Gasteiger partial charge < -0.3 is 5.11 Å². The van der Waals surface area contributed by atoms with E-state index < -0.39 is 0 Å². The van der Waals surface area contributed by atoms with Crippen LogP contribution < -0.4 is 0 Å². The van der Waals surface area contributed by atoms with E-state index in [1.165, 1.54) is 17.5 Å². The van der Waals surface area contributed by atoms with Gasteiger partial charge in [0.05, 0.1) is 6.26 Å². The molecule has 78 valence electrons. The van der Waals surface area contributed by atoms with Crippen molar-refractivity contribution in [1.82, 2.24) is 0 Å². The Balaban J connectivity index is 0.000000500. The summed E-state index contributed by atoms with van der Waals surface area (Å²) in [6, 6.07) is 8.79. The van der Waals surface area contributed by atoms with E-state index >= 15 is 0 Å².